The molecule has 20 heavy (non-hydrogen) atoms. The van der Waals surface area contributed by atoms with E-state index in [2.05, 4.69) is 10.6 Å². The van der Waals surface area contributed by atoms with Gasteiger partial charge in [-0.15, -0.1) is 0 Å². The highest BCUT2D eigenvalue weighted by Crippen LogP contribution is 2.20. The number of para-hydroxylation sites is 1. The van der Waals surface area contributed by atoms with Crippen molar-refractivity contribution in [1.82, 2.24) is 0 Å². The van der Waals surface area contributed by atoms with Crippen molar-refractivity contribution in [2.24, 2.45) is 0 Å². The van der Waals surface area contributed by atoms with Gasteiger partial charge in [0.25, 0.3) is 5.91 Å². The molecule has 0 bridgehead atoms. The topological polar surface area (TPSA) is 41.1 Å². The molecule has 0 radical (unpaired) electrons. The summed E-state index contributed by atoms with van der Waals surface area (Å²) in [4.78, 5) is 12.3. The van der Waals surface area contributed by atoms with Gasteiger partial charge in [-0.1, -0.05) is 12.1 Å². The molecule has 0 aromatic heterocycles. The quantitative estimate of drug-likeness (QED) is 0.888. The van der Waals surface area contributed by atoms with E-state index in [-0.39, 0.29) is 11.7 Å². The van der Waals surface area contributed by atoms with Crippen LogP contribution in [-0.4, -0.2) is 12.5 Å². The Kier molecular flexibility index (Phi) is 4.35. The Balaban J connectivity index is 2.24. The van der Waals surface area contributed by atoms with Crippen molar-refractivity contribution < 1.29 is 9.18 Å². The largest absolute Gasteiger partial charge is 0.385 e. The van der Waals surface area contributed by atoms with E-state index in [1.807, 2.05) is 25.1 Å². The van der Waals surface area contributed by atoms with Crippen LogP contribution in [0.5, 0.6) is 0 Å². The predicted octanol–water partition coefficient (Wildman–Crippen LogP) is 3.82. The first-order chi connectivity index (χ1) is 9.61. The number of aryl methyl sites for hydroxylation is 1. The Morgan fingerprint density at radius 3 is 2.60 bits per heavy atom. The van der Waals surface area contributed by atoms with Gasteiger partial charge in [0, 0.05) is 17.9 Å². The van der Waals surface area contributed by atoms with Gasteiger partial charge in [0.1, 0.15) is 5.82 Å². The van der Waals surface area contributed by atoms with Crippen LogP contribution in [-0.2, 0) is 0 Å². The average molecular weight is 272 g/mol. The molecule has 2 N–H and O–H groups in total. The van der Waals surface area contributed by atoms with Crippen LogP contribution in [0.1, 0.15) is 22.8 Å². The summed E-state index contributed by atoms with van der Waals surface area (Å²) in [5.74, 6) is -0.523. The molecule has 4 heteroatoms. The van der Waals surface area contributed by atoms with E-state index in [1.54, 1.807) is 19.1 Å². The fraction of sp³-hybridized carbons (Fsp3) is 0.188. The monoisotopic (exact) mass is 272 g/mol. The minimum absolute atomic E-state index is 0.212. The maximum atomic E-state index is 13.0. The average Bonchev–Trinajstić information content (AvgIpc) is 2.43. The Morgan fingerprint density at radius 1 is 1.15 bits per heavy atom. The Morgan fingerprint density at radius 2 is 1.90 bits per heavy atom. The van der Waals surface area contributed by atoms with Crippen LogP contribution in [0.25, 0.3) is 0 Å². The number of hydrogen-bond acceptors (Lipinski definition) is 2. The lowest BCUT2D eigenvalue weighted by molar-refractivity contribution is 0.102. The number of hydrogen-bond donors (Lipinski definition) is 2. The van der Waals surface area contributed by atoms with Crippen molar-refractivity contribution in [3.05, 3.63) is 59.4 Å². The SMILES string of the molecule is CCNc1ccccc1C(=O)Nc1ccc(F)cc1C. The molecule has 104 valence electrons. The number of rotatable bonds is 4. The second-order valence-electron chi connectivity index (χ2n) is 4.49. The van der Waals surface area contributed by atoms with Crippen molar-refractivity contribution in [2.75, 3.05) is 17.2 Å². The smallest absolute Gasteiger partial charge is 0.257 e. The lowest BCUT2D eigenvalue weighted by Crippen LogP contribution is -2.15. The maximum absolute atomic E-state index is 13.0. The number of nitrogens with one attached hydrogen (secondary N) is 2. The second kappa shape index (κ2) is 6.19. The molecule has 0 aliphatic rings. The molecule has 2 aromatic rings. The second-order valence-corrected chi connectivity index (χ2v) is 4.49. The minimum Gasteiger partial charge on any atom is -0.385 e. The van der Waals surface area contributed by atoms with E-state index in [9.17, 15) is 9.18 Å². The highest BCUT2D eigenvalue weighted by Gasteiger charge is 2.11. The first-order valence-electron chi connectivity index (χ1n) is 6.52. The van der Waals surface area contributed by atoms with Gasteiger partial charge in [-0.05, 0) is 49.7 Å². The number of halogens is 1. The van der Waals surface area contributed by atoms with Gasteiger partial charge in [-0.2, -0.15) is 0 Å². The van der Waals surface area contributed by atoms with Crippen LogP contribution in [0.4, 0.5) is 15.8 Å². The van der Waals surface area contributed by atoms with Gasteiger partial charge in [-0.3, -0.25) is 4.79 Å². The van der Waals surface area contributed by atoms with E-state index in [0.717, 1.165) is 12.2 Å². The Hall–Kier alpha value is -2.36. The van der Waals surface area contributed by atoms with Crippen LogP contribution in [0, 0.1) is 12.7 Å². The number of carbonyl (C=O) groups excluding carboxylic acids is 1. The molecular formula is C16H17FN2O. The van der Waals surface area contributed by atoms with E-state index in [0.29, 0.717) is 16.8 Å². The molecule has 0 saturated carbocycles. The van der Waals surface area contributed by atoms with Crippen molar-refractivity contribution >= 4 is 17.3 Å². The van der Waals surface area contributed by atoms with Crippen molar-refractivity contribution in [3.63, 3.8) is 0 Å². The maximum Gasteiger partial charge on any atom is 0.257 e. The summed E-state index contributed by atoms with van der Waals surface area (Å²) in [6.07, 6.45) is 0. The summed E-state index contributed by atoms with van der Waals surface area (Å²) < 4.78 is 13.0. The highest BCUT2D eigenvalue weighted by molar-refractivity contribution is 6.08. The number of anilines is 2. The third-order valence-corrected chi connectivity index (χ3v) is 2.98. The minimum atomic E-state index is -0.312. The molecule has 0 aliphatic heterocycles. The normalized spacial score (nSPS) is 10.2. The van der Waals surface area contributed by atoms with E-state index in [4.69, 9.17) is 0 Å². The van der Waals surface area contributed by atoms with Gasteiger partial charge in [0.15, 0.2) is 0 Å². The third-order valence-electron chi connectivity index (χ3n) is 2.98. The van der Waals surface area contributed by atoms with Crippen molar-refractivity contribution in [1.29, 1.82) is 0 Å². The fourth-order valence-electron chi connectivity index (χ4n) is 1.98. The summed E-state index contributed by atoms with van der Waals surface area (Å²) in [7, 11) is 0. The fourth-order valence-corrected chi connectivity index (χ4v) is 1.98. The van der Waals surface area contributed by atoms with Crippen molar-refractivity contribution in [3.8, 4) is 0 Å². The molecule has 0 heterocycles. The summed E-state index contributed by atoms with van der Waals surface area (Å²) in [6, 6.07) is 11.6. The Bertz CT molecular complexity index is 626. The first kappa shape index (κ1) is 14.1. The van der Waals surface area contributed by atoms with Gasteiger partial charge in [0.2, 0.25) is 0 Å². The lowest BCUT2D eigenvalue weighted by atomic mass is 10.1. The molecule has 3 nitrogen and oxygen atoms in total. The summed E-state index contributed by atoms with van der Waals surface area (Å²) in [5.41, 5.74) is 2.66. The van der Waals surface area contributed by atoms with Gasteiger partial charge >= 0.3 is 0 Å². The molecule has 0 atom stereocenters. The van der Waals surface area contributed by atoms with Crippen LogP contribution >= 0.6 is 0 Å². The Labute approximate surface area is 117 Å². The molecule has 0 aliphatic carbocycles. The first-order valence-corrected chi connectivity index (χ1v) is 6.52. The molecule has 2 aromatic carbocycles. The third kappa shape index (κ3) is 3.15. The zero-order valence-electron chi connectivity index (χ0n) is 11.5. The molecule has 0 saturated heterocycles. The van der Waals surface area contributed by atoms with E-state index in [1.165, 1.54) is 12.1 Å². The molecule has 1 amide bonds. The molecule has 0 unspecified atom stereocenters. The molecule has 0 fully saturated rings. The van der Waals surface area contributed by atoms with Gasteiger partial charge in [-0.25, -0.2) is 4.39 Å². The molecular weight excluding hydrogens is 255 g/mol. The standard InChI is InChI=1S/C16H17FN2O/c1-3-18-15-7-5-4-6-13(15)16(20)19-14-9-8-12(17)10-11(14)2/h4-10,18H,3H2,1-2H3,(H,19,20). The van der Waals surface area contributed by atoms with Crippen LogP contribution in [0.2, 0.25) is 0 Å². The van der Waals surface area contributed by atoms with Gasteiger partial charge in [0.05, 0.1) is 5.56 Å². The van der Waals surface area contributed by atoms with Crippen LogP contribution in [0.15, 0.2) is 42.5 Å². The van der Waals surface area contributed by atoms with E-state index < -0.39 is 0 Å². The lowest BCUT2D eigenvalue weighted by Gasteiger charge is -2.12. The van der Waals surface area contributed by atoms with Crippen LogP contribution in [0.3, 0.4) is 0 Å². The zero-order valence-corrected chi connectivity index (χ0v) is 11.5. The number of benzene rings is 2. The highest BCUT2D eigenvalue weighted by atomic mass is 19.1. The summed E-state index contributed by atoms with van der Waals surface area (Å²) in [6.45, 7) is 4.47. The van der Waals surface area contributed by atoms with Gasteiger partial charge < -0.3 is 10.6 Å². The summed E-state index contributed by atoms with van der Waals surface area (Å²) in [5, 5.41) is 5.95. The molecule has 0 spiro atoms. The zero-order chi connectivity index (χ0) is 14.5. The van der Waals surface area contributed by atoms with Crippen LogP contribution < -0.4 is 10.6 Å². The number of amides is 1. The predicted molar refractivity (Wildman–Crippen MR) is 79.7 cm³/mol. The molecule has 2 rings (SSSR count). The number of carbonyl (C=O) groups is 1. The van der Waals surface area contributed by atoms with E-state index >= 15 is 0 Å². The summed E-state index contributed by atoms with van der Waals surface area (Å²) >= 11 is 0. The van der Waals surface area contributed by atoms with Crippen molar-refractivity contribution in [2.45, 2.75) is 13.8 Å².